The maximum atomic E-state index is 10.9. The Hall–Kier alpha value is -2.19. The van der Waals surface area contributed by atoms with Crippen LogP contribution in [0.25, 0.3) is 23.0 Å². The van der Waals surface area contributed by atoms with Gasteiger partial charge in [-0.1, -0.05) is 16.8 Å². The molecule has 0 unspecified atom stereocenters. The number of hydrogen-bond donors (Lipinski definition) is 0. The topological polar surface area (TPSA) is 95.2 Å². The molecular weight excluding hydrogens is 366 g/mol. The van der Waals surface area contributed by atoms with Gasteiger partial charge in [-0.05, 0) is 40.2 Å². The minimum Gasteiger partial charge on any atom is -0.446 e. The van der Waals surface area contributed by atoms with Gasteiger partial charge in [-0.25, -0.2) is 0 Å². The number of furan rings is 1. The third-order valence-corrected chi connectivity index (χ3v) is 3.36. The highest BCUT2D eigenvalue weighted by atomic mass is 79.9. The lowest BCUT2D eigenvalue weighted by molar-refractivity contribution is -0.384. The van der Waals surface area contributed by atoms with Crippen molar-refractivity contribution in [2.24, 2.45) is 0 Å². The standard InChI is InChI=1S/C12H5BrClN3O4/c13-10-4-3-9(20-10)11-15-12(21-16-11)6-1-2-7(14)8(5-6)17(18)19/h1-5H. The monoisotopic (exact) mass is 369 g/mol. The summed E-state index contributed by atoms with van der Waals surface area (Å²) in [5, 5.41) is 14.7. The van der Waals surface area contributed by atoms with Crippen LogP contribution in [0.15, 0.2) is 43.9 Å². The summed E-state index contributed by atoms with van der Waals surface area (Å²) in [6, 6.07) is 7.60. The van der Waals surface area contributed by atoms with E-state index in [0.29, 0.717) is 16.0 Å². The Morgan fingerprint density at radius 2 is 2.10 bits per heavy atom. The van der Waals surface area contributed by atoms with Crippen LogP contribution in [-0.4, -0.2) is 15.1 Å². The SMILES string of the molecule is O=[N+]([O-])c1cc(-c2nc(-c3ccc(Br)o3)no2)ccc1Cl. The third-order valence-electron chi connectivity index (χ3n) is 2.61. The van der Waals surface area contributed by atoms with E-state index >= 15 is 0 Å². The van der Waals surface area contributed by atoms with E-state index in [-0.39, 0.29) is 22.4 Å². The van der Waals surface area contributed by atoms with Crippen molar-refractivity contribution in [1.29, 1.82) is 0 Å². The van der Waals surface area contributed by atoms with Gasteiger partial charge in [-0.3, -0.25) is 10.1 Å². The van der Waals surface area contributed by atoms with Crippen molar-refractivity contribution in [2.75, 3.05) is 0 Å². The van der Waals surface area contributed by atoms with Gasteiger partial charge < -0.3 is 8.94 Å². The molecule has 0 atom stereocenters. The summed E-state index contributed by atoms with van der Waals surface area (Å²) in [4.78, 5) is 14.4. The van der Waals surface area contributed by atoms with Gasteiger partial charge in [0.1, 0.15) is 5.02 Å². The molecule has 0 saturated carbocycles. The minimum absolute atomic E-state index is 0.0402. The number of aromatic nitrogens is 2. The zero-order valence-corrected chi connectivity index (χ0v) is 12.5. The second-order valence-electron chi connectivity index (χ2n) is 3.95. The van der Waals surface area contributed by atoms with Crippen molar-refractivity contribution in [3.05, 3.63) is 50.1 Å². The molecule has 9 heteroatoms. The van der Waals surface area contributed by atoms with Crippen LogP contribution in [0, 0.1) is 10.1 Å². The predicted molar refractivity (Wildman–Crippen MR) is 76.8 cm³/mol. The van der Waals surface area contributed by atoms with Crippen LogP contribution in [-0.2, 0) is 0 Å². The fraction of sp³-hybridized carbons (Fsp3) is 0. The van der Waals surface area contributed by atoms with Gasteiger partial charge in [0.25, 0.3) is 11.6 Å². The quantitative estimate of drug-likeness (QED) is 0.503. The Morgan fingerprint density at radius 3 is 2.76 bits per heavy atom. The number of nitro groups is 1. The average molecular weight is 371 g/mol. The van der Waals surface area contributed by atoms with E-state index in [9.17, 15) is 10.1 Å². The molecule has 2 aromatic heterocycles. The summed E-state index contributed by atoms with van der Waals surface area (Å²) in [5.74, 6) is 0.797. The fourth-order valence-corrected chi connectivity index (χ4v) is 2.15. The number of hydrogen-bond acceptors (Lipinski definition) is 6. The Kier molecular flexibility index (Phi) is 3.48. The van der Waals surface area contributed by atoms with Gasteiger partial charge in [0.15, 0.2) is 10.4 Å². The Labute approximate surface area is 130 Å². The summed E-state index contributed by atoms with van der Waals surface area (Å²) in [6.07, 6.45) is 0. The molecule has 21 heavy (non-hydrogen) atoms. The van der Waals surface area contributed by atoms with Crippen LogP contribution in [0.1, 0.15) is 0 Å². The second-order valence-corrected chi connectivity index (χ2v) is 5.14. The smallest absolute Gasteiger partial charge is 0.288 e. The van der Waals surface area contributed by atoms with Crippen LogP contribution >= 0.6 is 27.5 Å². The van der Waals surface area contributed by atoms with Crippen LogP contribution in [0.3, 0.4) is 0 Å². The molecule has 1 aromatic carbocycles. The molecule has 3 aromatic rings. The fourth-order valence-electron chi connectivity index (χ4n) is 1.66. The second kappa shape index (κ2) is 5.30. The van der Waals surface area contributed by atoms with Gasteiger partial charge in [0, 0.05) is 11.6 Å². The largest absolute Gasteiger partial charge is 0.446 e. The van der Waals surface area contributed by atoms with Crippen LogP contribution in [0.4, 0.5) is 5.69 Å². The van der Waals surface area contributed by atoms with Crippen LogP contribution < -0.4 is 0 Å². The Balaban J connectivity index is 2.00. The number of halogens is 2. The molecule has 0 aliphatic heterocycles. The number of rotatable bonds is 3. The molecule has 0 bridgehead atoms. The van der Waals surface area contributed by atoms with Gasteiger partial charge >= 0.3 is 0 Å². The average Bonchev–Trinajstić information content (AvgIpc) is 3.07. The van der Waals surface area contributed by atoms with Crippen molar-refractivity contribution >= 4 is 33.2 Å². The van der Waals surface area contributed by atoms with E-state index in [1.807, 2.05) is 0 Å². The van der Waals surface area contributed by atoms with E-state index in [4.69, 9.17) is 20.5 Å². The van der Waals surface area contributed by atoms with Gasteiger partial charge in [0.2, 0.25) is 5.82 Å². The first kappa shape index (κ1) is 13.8. The molecule has 0 aliphatic rings. The van der Waals surface area contributed by atoms with Gasteiger partial charge in [-0.15, -0.1) is 0 Å². The first-order chi connectivity index (χ1) is 10.0. The van der Waals surface area contributed by atoms with E-state index in [1.54, 1.807) is 18.2 Å². The van der Waals surface area contributed by atoms with Crippen molar-refractivity contribution in [1.82, 2.24) is 10.1 Å². The lowest BCUT2D eigenvalue weighted by atomic mass is 10.2. The molecule has 0 N–H and O–H groups in total. The maximum Gasteiger partial charge on any atom is 0.288 e. The van der Waals surface area contributed by atoms with Gasteiger partial charge in [0.05, 0.1) is 4.92 Å². The lowest BCUT2D eigenvalue weighted by Gasteiger charge is -1.97. The maximum absolute atomic E-state index is 10.9. The molecule has 0 amide bonds. The third kappa shape index (κ3) is 2.67. The van der Waals surface area contributed by atoms with Crippen molar-refractivity contribution in [3.63, 3.8) is 0 Å². The Bertz CT molecular complexity index is 830. The normalized spacial score (nSPS) is 10.8. The lowest BCUT2D eigenvalue weighted by Crippen LogP contribution is -1.90. The summed E-state index contributed by atoms with van der Waals surface area (Å²) in [7, 11) is 0. The first-order valence-corrected chi connectivity index (χ1v) is 6.75. The van der Waals surface area contributed by atoms with E-state index < -0.39 is 4.92 Å². The summed E-state index contributed by atoms with van der Waals surface area (Å²) >= 11 is 8.93. The predicted octanol–water partition coefficient (Wildman–Crippen LogP) is 4.32. The molecule has 7 nitrogen and oxygen atoms in total. The van der Waals surface area contributed by atoms with Crippen LogP contribution in [0.2, 0.25) is 5.02 Å². The molecule has 0 aliphatic carbocycles. The highest BCUT2D eigenvalue weighted by Crippen LogP contribution is 2.31. The summed E-state index contributed by atoms with van der Waals surface area (Å²) in [6.45, 7) is 0. The molecule has 0 spiro atoms. The van der Waals surface area contributed by atoms with E-state index in [1.165, 1.54) is 12.1 Å². The summed E-state index contributed by atoms with van der Waals surface area (Å²) in [5.41, 5.74) is 0.171. The highest BCUT2D eigenvalue weighted by Gasteiger charge is 2.18. The number of benzene rings is 1. The number of nitrogens with zero attached hydrogens (tertiary/aromatic N) is 3. The van der Waals surface area contributed by atoms with Crippen molar-refractivity contribution in [3.8, 4) is 23.0 Å². The summed E-state index contributed by atoms with van der Waals surface area (Å²) < 4.78 is 10.9. The van der Waals surface area contributed by atoms with E-state index in [0.717, 1.165) is 0 Å². The molecular formula is C12H5BrClN3O4. The number of nitro benzene ring substituents is 1. The van der Waals surface area contributed by atoms with Gasteiger partial charge in [-0.2, -0.15) is 4.98 Å². The molecule has 106 valence electrons. The molecule has 0 radical (unpaired) electrons. The van der Waals surface area contributed by atoms with Crippen molar-refractivity contribution in [2.45, 2.75) is 0 Å². The molecule has 0 fully saturated rings. The zero-order chi connectivity index (χ0) is 15.0. The zero-order valence-electron chi connectivity index (χ0n) is 10.1. The van der Waals surface area contributed by atoms with Crippen molar-refractivity contribution < 1.29 is 13.9 Å². The molecule has 3 rings (SSSR count). The first-order valence-electron chi connectivity index (χ1n) is 5.58. The highest BCUT2D eigenvalue weighted by molar-refractivity contribution is 9.10. The minimum atomic E-state index is -0.577. The Morgan fingerprint density at radius 1 is 1.29 bits per heavy atom. The molecule has 0 saturated heterocycles. The van der Waals surface area contributed by atoms with Crippen LogP contribution in [0.5, 0.6) is 0 Å². The van der Waals surface area contributed by atoms with E-state index in [2.05, 4.69) is 26.1 Å². The molecule has 2 heterocycles.